The average Bonchev–Trinajstić information content (AvgIpc) is 2.68. The Kier molecular flexibility index (Phi) is 6.40. The molecule has 7 nitrogen and oxygen atoms in total. The summed E-state index contributed by atoms with van der Waals surface area (Å²) in [4.78, 5) is 12.1. The molecule has 0 radical (unpaired) electrons. The second kappa shape index (κ2) is 8.97. The van der Waals surface area contributed by atoms with E-state index in [2.05, 4.69) is 31.3 Å². The number of urea groups is 1. The van der Waals surface area contributed by atoms with Gasteiger partial charge in [-0.2, -0.15) is 0 Å². The quantitative estimate of drug-likeness (QED) is 0.472. The minimum Gasteiger partial charge on any atom is -0.495 e. The number of amides is 2. The van der Waals surface area contributed by atoms with Crippen molar-refractivity contribution in [3.63, 3.8) is 0 Å². The standard InChI is InChI=1S/C20H18BrN3O4S/c1-28-18-11-10-14(21)12-19(18)29(26,27)24-17-9-5-8-16(13-17)23-20(25)22-15-6-3-2-4-7-15/h2-13,24H,1H3,(H2,22,23,25). The fourth-order valence-electron chi connectivity index (χ4n) is 2.55. The van der Waals surface area contributed by atoms with E-state index in [9.17, 15) is 13.2 Å². The molecule has 150 valence electrons. The van der Waals surface area contributed by atoms with Crippen LogP contribution in [0.5, 0.6) is 5.75 Å². The highest BCUT2D eigenvalue weighted by atomic mass is 79.9. The van der Waals surface area contributed by atoms with Crippen molar-refractivity contribution in [3.05, 3.63) is 77.3 Å². The molecule has 0 heterocycles. The number of anilines is 3. The van der Waals surface area contributed by atoms with Crippen molar-refractivity contribution in [2.75, 3.05) is 22.5 Å². The minimum absolute atomic E-state index is 0.00504. The number of nitrogens with one attached hydrogen (secondary N) is 3. The molecule has 3 aromatic carbocycles. The summed E-state index contributed by atoms with van der Waals surface area (Å²) in [5, 5.41) is 5.37. The molecule has 0 aliphatic heterocycles. The minimum atomic E-state index is -3.91. The second-order valence-electron chi connectivity index (χ2n) is 5.93. The fraction of sp³-hybridized carbons (Fsp3) is 0.0500. The van der Waals surface area contributed by atoms with E-state index >= 15 is 0 Å². The molecule has 0 unspecified atom stereocenters. The third-order valence-corrected chi connectivity index (χ3v) is 5.72. The topological polar surface area (TPSA) is 96.5 Å². The molecule has 0 bridgehead atoms. The largest absolute Gasteiger partial charge is 0.495 e. The van der Waals surface area contributed by atoms with Gasteiger partial charge in [-0.3, -0.25) is 4.72 Å². The maximum Gasteiger partial charge on any atom is 0.323 e. The monoisotopic (exact) mass is 475 g/mol. The van der Waals surface area contributed by atoms with Crippen molar-refractivity contribution >= 4 is 49.0 Å². The molecule has 2 amide bonds. The summed E-state index contributed by atoms with van der Waals surface area (Å²) in [6.07, 6.45) is 0. The molecule has 0 spiro atoms. The molecule has 3 rings (SSSR count). The van der Waals surface area contributed by atoms with Crippen molar-refractivity contribution in [3.8, 4) is 5.75 Å². The first-order valence-corrected chi connectivity index (χ1v) is 10.7. The van der Waals surface area contributed by atoms with E-state index < -0.39 is 16.1 Å². The molecular weight excluding hydrogens is 458 g/mol. The maximum absolute atomic E-state index is 12.8. The summed E-state index contributed by atoms with van der Waals surface area (Å²) in [6, 6.07) is 19.6. The number of carbonyl (C=O) groups is 1. The Balaban J connectivity index is 1.76. The van der Waals surface area contributed by atoms with E-state index in [0.29, 0.717) is 21.5 Å². The maximum atomic E-state index is 12.8. The van der Waals surface area contributed by atoms with Gasteiger partial charge in [0.15, 0.2) is 0 Å². The molecule has 0 atom stereocenters. The smallest absolute Gasteiger partial charge is 0.323 e. The number of sulfonamides is 1. The lowest BCUT2D eigenvalue weighted by Crippen LogP contribution is -2.19. The predicted octanol–water partition coefficient (Wildman–Crippen LogP) is 4.90. The van der Waals surface area contributed by atoms with Crippen molar-refractivity contribution in [1.82, 2.24) is 0 Å². The molecule has 29 heavy (non-hydrogen) atoms. The third-order valence-electron chi connectivity index (χ3n) is 3.82. The van der Waals surface area contributed by atoms with Crippen LogP contribution in [0.4, 0.5) is 21.9 Å². The Labute approximate surface area is 177 Å². The van der Waals surface area contributed by atoms with Crippen LogP contribution in [-0.4, -0.2) is 21.6 Å². The predicted molar refractivity (Wildman–Crippen MR) is 117 cm³/mol. The Bertz CT molecular complexity index is 1120. The number of halogens is 1. The zero-order valence-electron chi connectivity index (χ0n) is 15.3. The van der Waals surface area contributed by atoms with Crippen LogP contribution in [0.2, 0.25) is 0 Å². The van der Waals surface area contributed by atoms with Crippen LogP contribution >= 0.6 is 15.9 Å². The van der Waals surface area contributed by atoms with Gasteiger partial charge < -0.3 is 15.4 Å². The van der Waals surface area contributed by atoms with Crippen LogP contribution in [0.25, 0.3) is 0 Å². The molecular formula is C20H18BrN3O4S. The van der Waals surface area contributed by atoms with Crippen LogP contribution in [0.1, 0.15) is 0 Å². The van der Waals surface area contributed by atoms with Gasteiger partial charge in [-0.15, -0.1) is 0 Å². The number of carbonyl (C=O) groups excluding carboxylic acids is 1. The summed E-state index contributed by atoms with van der Waals surface area (Å²) < 4.78 is 33.8. The molecule has 3 aromatic rings. The molecule has 0 saturated heterocycles. The van der Waals surface area contributed by atoms with E-state index in [1.165, 1.54) is 19.2 Å². The Morgan fingerprint density at radius 3 is 2.24 bits per heavy atom. The Morgan fingerprint density at radius 2 is 1.52 bits per heavy atom. The van der Waals surface area contributed by atoms with E-state index in [-0.39, 0.29) is 10.6 Å². The summed E-state index contributed by atoms with van der Waals surface area (Å²) in [6.45, 7) is 0. The van der Waals surface area contributed by atoms with Gasteiger partial charge in [0.05, 0.1) is 12.8 Å². The first-order valence-electron chi connectivity index (χ1n) is 8.47. The fourth-order valence-corrected chi connectivity index (χ4v) is 4.30. The van der Waals surface area contributed by atoms with Gasteiger partial charge in [-0.05, 0) is 48.5 Å². The van der Waals surface area contributed by atoms with Gasteiger partial charge in [0.2, 0.25) is 0 Å². The van der Waals surface area contributed by atoms with E-state index in [0.717, 1.165) is 0 Å². The first-order chi connectivity index (χ1) is 13.9. The number of hydrogen-bond donors (Lipinski definition) is 3. The van der Waals surface area contributed by atoms with Gasteiger partial charge >= 0.3 is 6.03 Å². The van der Waals surface area contributed by atoms with Gasteiger partial charge in [0.25, 0.3) is 10.0 Å². The van der Waals surface area contributed by atoms with Crippen molar-refractivity contribution in [2.24, 2.45) is 0 Å². The summed E-state index contributed by atoms with van der Waals surface area (Å²) >= 11 is 3.27. The molecule has 0 aromatic heterocycles. The molecule has 9 heteroatoms. The number of para-hydroxylation sites is 1. The molecule has 0 fully saturated rings. The van der Waals surface area contributed by atoms with Crippen LogP contribution in [0.3, 0.4) is 0 Å². The lowest BCUT2D eigenvalue weighted by molar-refractivity contribution is 0.262. The number of methoxy groups -OCH3 is 1. The molecule has 0 saturated carbocycles. The number of ether oxygens (including phenoxy) is 1. The van der Waals surface area contributed by atoms with Gasteiger partial charge in [-0.25, -0.2) is 13.2 Å². The van der Waals surface area contributed by atoms with Crippen molar-refractivity contribution in [2.45, 2.75) is 4.90 Å². The highest BCUT2D eigenvalue weighted by molar-refractivity contribution is 9.10. The van der Waals surface area contributed by atoms with Crippen LogP contribution in [-0.2, 0) is 10.0 Å². The van der Waals surface area contributed by atoms with E-state index in [1.807, 2.05) is 6.07 Å². The lowest BCUT2D eigenvalue weighted by atomic mass is 10.3. The zero-order chi connectivity index (χ0) is 20.9. The van der Waals surface area contributed by atoms with E-state index in [4.69, 9.17) is 4.74 Å². The first kappa shape index (κ1) is 20.7. The zero-order valence-corrected chi connectivity index (χ0v) is 17.7. The second-order valence-corrected chi connectivity index (χ2v) is 8.49. The lowest BCUT2D eigenvalue weighted by Gasteiger charge is -2.13. The van der Waals surface area contributed by atoms with Gasteiger partial charge in [-0.1, -0.05) is 40.2 Å². The van der Waals surface area contributed by atoms with Crippen molar-refractivity contribution in [1.29, 1.82) is 0 Å². The number of benzene rings is 3. The Hall–Kier alpha value is -3.04. The van der Waals surface area contributed by atoms with E-state index in [1.54, 1.807) is 54.6 Å². The SMILES string of the molecule is COc1ccc(Br)cc1S(=O)(=O)Nc1cccc(NC(=O)Nc2ccccc2)c1. The average molecular weight is 476 g/mol. The third kappa shape index (κ3) is 5.49. The normalized spacial score (nSPS) is 10.8. The number of rotatable bonds is 6. The highest BCUT2D eigenvalue weighted by Crippen LogP contribution is 2.29. The van der Waals surface area contributed by atoms with Crippen LogP contribution in [0.15, 0.2) is 82.2 Å². The number of hydrogen-bond acceptors (Lipinski definition) is 4. The molecule has 0 aliphatic rings. The summed E-state index contributed by atoms with van der Waals surface area (Å²) in [7, 11) is -2.50. The van der Waals surface area contributed by atoms with Gasteiger partial charge in [0, 0.05) is 15.8 Å². The van der Waals surface area contributed by atoms with Crippen LogP contribution in [0, 0.1) is 0 Å². The van der Waals surface area contributed by atoms with Gasteiger partial charge in [0.1, 0.15) is 10.6 Å². The molecule has 3 N–H and O–H groups in total. The summed E-state index contributed by atoms with van der Waals surface area (Å²) in [5.41, 5.74) is 1.37. The van der Waals surface area contributed by atoms with Crippen LogP contribution < -0.4 is 20.1 Å². The highest BCUT2D eigenvalue weighted by Gasteiger charge is 2.20. The Morgan fingerprint density at radius 1 is 0.862 bits per heavy atom. The summed E-state index contributed by atoms with van der Waals surface area (Å²) in [5.74, 6) is 0.220. The molecule has 0 aliphatic carbocycles. The van der Waals surface area contributed by atoms with Crippen molar-refractivity contribution < 1.29 is 17.9 Å².